The standard InChI is InChI=1S/C19H24O12/c1-9(20)25-8-14-16(31-15-6-5-13(24)7-26-15)17(27-10(2)21)18(28-11(3)22)19(30-14)29-12(4)23/h5-6,14-19H,7-8H2,1-4H3/t14-,15+,16-,17+,18-,19-/m1/s1. The van der Waals surface area contributed by atoms with Crippen molar-refractivity contribution in [1.82, 2.24) is 0 Å². The molecule has 6 atom stereocenters. The lowest BCUT2D eigenvalue weighted by molar-refractivity contribution is -0.318. The van der Waals surface area contributed by atoms with Crippen LogP contribution in [0.2, 0.25) is 0 Å². The first-order valence-corrected chi connectivity index (χ1v) is 9.35. The van der Waals surface area contributed by atoms with Crippen molar-refractivity contribution in [2.24, 2.45) is 0 Å². The number of carbonyl (C=O) groups excluding carboxylic acids is 5. The lowest BCUT2D eigenvalue weighted by atomic mass is 9.98. The molecule has 12 heteroatoms. The van der Waals surface area contributed by atoms with Crippen molar-refractivity contribution in [3.05, 3.63) is 12.2 Å². The van der Waals surface area contributed by atoms with Crippen molar-refractivity contribution in [1.29, 1.82) is 0 Å². The van der Waals surface area contributed by atoms with Crippen molar-refractivity contribution in [2.45, 2.75) is 64.7 Å². The summed E-state index contributed by atoms with van der Waals surface area (Å²) in [6.07, 6.45) is -4.94. The molecule has 2 aliphatic heterocycles. The molecule has 0 spiro atoms. The Morgan fingerprint density at radius 3 is 2.03 bits per heavy atom. The van der Waals surface area contributed by atoms with Gasteiger partial charge in [-0.15, -0.1) is 0 Å². The Hall–Kier alpha value is -2.83. The predicted molar refractivity (Wildman–Crippen MR) is 96.9 cm³/mol. The van der Waals surface area contributed by atoms with Crippen molar-refractivity contribution >= 4 is 29.7 Å². The molecule has 0 N–H and O–H groups in total. The molecule has 0 aromatic carbocycles. The molecule has 172 valence electrons. The Balaban J connectivity index is 2.39. The molecule has 2 rings (SSSR count). The zero-order valence-corrected chi connectivity index (χ0v) is 17.4. The summed E-state index contributed by atoms with van der Waals surface area (Å²) in [7, 11) is 0. The van der Waals surface area contributed by atoms with Crippen LogP contribution in [0.25, 0.3) is 0 Å². The average Bonchev–Trinajstić information content (AvgIpc) is 2.65. The fourth-order valence-electron chi connectivity index (χ4n) is 2.97. The van der Waals surface area contributed by atoms with E-state index in [1.807, 2.05) is 0 Å². The van der Waals surface area contributed by atoms with Crippen LogP contribution >= 0.6 is 0 Å². The topological polar surface area (TPSA) is 150 Å². The van der Waals surface area contributed by atoms with Crippen molar-refractivity contribution in [3.8, 4) is 0 Å². The van der Waals surface area contributed by atoms with E-state index in [2.05, 4.69) is 0 Å². The molecule has 0 saturated carbocycles. The molecule has 1 saturated heterocycles. The van der Waals surface area contributed by atoms with Crippen molar-refractivity contribution in [3.63, 3.8) is 0 Å². The zero-order valence-electron chi connectivity index (χ0n) is 17.4. The summed E-state index contributed by atoms with van der Waals surface area (Å²) >= 11 is 0. The van der Waals surface area contributed by atoms with Gasteiger partial charge in [-0.3, -0.25) is 24.0 Å². The highest BCUT2D eigenvalue weighted by atomic mass is 16.8. The first-order valence-electron chi connectivity index (χ1n) is 9.35. The zero-order chi connectivity index (χ0) is 23.1. The van der Waals surface area contributed by atoms with Gasteiger partial charge in [-0.1, -0.05) is 0 Å². The van der Waals surface area contributed by atoms with Crippen LogP contribution in [-0.2, 0) is 57.1 Å². The second kappa shape index (κ2) is 11.0. The van der Waals surface area contributed by atoms with E-state index in [1.54, 1.807) is 0 Å². The third kappa shape index (κ3) is 7.42. The molecular formula is C19H24O12. The van der Waals surface area contributed by atoms with Crippen LogP contribution in [-0.4, -0.2) is 79.9 Å². The maximum absolute atomic E-state index is 11.8. The van der Waals surface area contributed by atoms with Crippen LogP contribution in [0.5, 0.6) is 0 Å². The summed E-state index contributed by atoms with van der Waals surface area (Å²) in [5.41, 5.74) is 0. The third-order valence-electron chi connectivity index (χ3n) is 4.05. The summed E-state index contributed by atoms with van der Waals surface area (Å²) in [6.45, 7) is 3.90. The largest absolute Gasteiger partial charge is 0.463 e. The molecule has 2 heterocycles. The van der Waals surface area contributed by atoms with E-state index >= 15 is 0 Å². The first kappa shape index (κ1) is 24.4. The van der Waals surface area contributed by atoms with E-state index in [4.69, 9.17) is 33.2 Å². The first-order chi connectivity index (χ1) is 14.6. The van der Waals surface area contributed by atoms with Crippen LogP contribution in [0.15, 0.2) is 12.2 Å². The van der Waals surface area contributed by atoms with Gasteiger partial charge in [-0.05, 0) is 12.2 Å². The number of hydrogen-bond donors (Lipinski definition) is 0. The Labute approximate surface area is 177 Å². The molecule has 2 aliphatic rings. The van der Waals surface area contributed by atoms with Crippen LogP contribution in [0.3, 0.4) is 0 Å². The Bertz CT molecular complexity index is 744. The van der Waals surface area contributed by atoms with Crippen LogP contribution in [0.1, 0.15) is 27.7 Å². The molecule has 1 fully saturated rings. The van der Waals surface area contributed by atoms with Crippen molar-refractivity contribution in [2.75, 3.05) is 13.2 Å². The number of hydrogen-bond acceptors (Lipinski definition) is 12. The Morgan fingerprint density at radius 2 is 1.52 bits per heavy atom. The molecule has 0 aliphatic carbocycles. The van der Waals surface area contributed by atoms with Crippen molar-refractivity contribution < 1.29 is 57.1 Å². The van der Waals surface area contributed by atoms with Gasteiger partial charge >= 0.3 is 23.9 Å². The van der Waals surface area contributed by atoms with Gasteiger partial charge in [-0.25, -0.2) is 0 Å². The molecule has 0 amide bonds. The van der Waals surface area contributed by atoms with E-state index in [-0.39, 0.29) is 19.0 Å². The van der Waals surface area contributed by atoms with E-state index in [0.717, 1.165) is 20.8 Å². The molecule has 0 radical (unpaired) electrons. The minimum Gasteiger partial charge on any atom is -0.463 e. The van der Waals surface area contributed by atoms with E-state index in [9.17, 15) is 24.0 Å². The number of ether oxygens (including phenoxy) is 7. The second-order valence-corrected chi connectivity index (χ2v) is 6.71. The Morgan fingerprint density at radius 1 is 0.903 bits per heavy atom. The van der Waals surface area contributed by atoms with Crippen LogP contribution < -0.4 is 0 Å². The molecule has 0 aromatic heterocycles. The summed E-state index contributed by atoms with van der Waals surface area (Å²) in [4.78, 5) is 57.7. The number of rotatable bonds is 7. The highest BCUT2D eigenvalue weighted by Gasteiger charge is 2.53. The fourth-order valence-corrected chi connectivity index (χ4v) is 2.97. The van der Waals surface area contributed by atoms with E-state index in [1.165, 1.54) is 19.1 Å². The normalized spacial score (nSPS) is 30.3. The summed E-state index contributed by atoms with van der Waals surface area (Å²) in [5, 5.41) is 0. The molecule has 31 heavy (non-hydrogen) atoms. The van der Waals surface area contributed by atoms with Gasteiger partial charge in [0, 0.05) is 27.7 Å². The van der Waals surface area contributed by atoms with Gasteiger partial charge in [0.1, 0.15) is 25.4 Å². The molecule has 0 aromatic rings. The average molecular weight is 444 g/mol. The summed E-state index contributed by atoms with van der Waals surface area (Å²) in [6, 6.07) is 0. The molecule has 0 unspecified atom stereocenters. The minimum absolute atomic E-state index is 0.245. The van der Waals surface area contributed by atoms with Crippen LogP contribution in [0.4, 0.5) is 0 Å². The lowest BCUT2D eigenvalue weighted by Crippen LogP contribution is -2.63. The second-order valence-electron chi connectivity index (χ2n) is 6.71. The van der Waals surface area contributed by atoms with Crippen LogP contribution in [0, 0.1) is 0 Å². The van der Waals surface area contributed by atoms with Gasteiger partial charge in [-0.2, -0.15) is 0 Å². The van der Waals surface area contributed by atoms with Gasteiger partial charge in [0.15, 0.2) is 18.2 Å². The van der Waals surface area contributed by atoms with Gasteiger partial charge < -0.3 is 33.2 Å². The van der Waals surface area contributed by atoms with E-state index < -0.39 is 60.9 Å². The quantitative estimate of drug-likeness (QED) is 0.370. The highest BCUT2D eigenvalue weighted by Crippen LogP contribution is 2.31. The Kier molecular flexibility index (Phi) is 8.65. The predicted octanol–water partition coefficient (Wildman–Crippen LogP) is -0.432. The highest BCUT2D eigenvalue weighted by molar-refractivity contribution is 5.91. The number of esters is 4. The maximum Gasteiger partial charge on any atom is 0.305 e. The van der Waals surface area contributed by atoms with Gasteiger partial charge in [0.2, 0.25) is 12.4 Å². The fraction of sp³-hybridized carbons (Fsp3) is 0.632. The van der Waals surface area contributed by atoms with Gasteiger partial charge in [0.25, 0.3) is 0 Å². The third-order valence-corrected chi connectivity index (χ3v) is 4.05. The molecular weight excluding hydrogens is 420 g/mol. The monoisotopic (exact) mass is 444 g/mol. The van der Waals surface area contributed by atoms with E-state index in [0.29, 0.717) is 0 Å². The number of carbonyl (C=O) groups is 5. The smallest absolute Gasteiger partial charge is 0.305 e. The van der Waals surface area contributed by atoms with Gasteiger partial charge in [0.05, 0.1) is 0 Å². The number of ketones is 1. The molecule has 12 nitrogen and oxygen atoms in total. The minimum atomic E-state index is -1.48. The summed E-state index contributed by atoms with van der Waals surface area (Å²) in [5.74, 6) is -3.18. The lowest BCUT2D eigenvalue weighted by Gasteiger charge is -2.44. The SMILES string of the molecule is CC(=O)OC[C@H]1O[C@@H](OC(C)=O)[C@H](OC(C)=O)[C@@H](OC(C)=O)[C@@H]1O[C@H]1C=CC(=O)CO1. The molecule has 0 bridgehead atoms. The summed E-state index contributed by atoms with van der Waals surface area (Å²) < 4.78 is 37.4. The maximum atomic E-state index is 11.8.